The molecule has 0 aromatic heterocycles. The van der Waals surface area contributed by atoms with E-state index >= 15 is 0 Å². The molecule has 1 nitrogen and oxygen atoms in total. The lowest BCUT2D eigenvalue weighted by molar-refractivity contribution is 0.154. The van der Waals surface area contributed by atoms with Crippen molar-refractivity contribution in [1.29, 1.82) is 0 Å². The van der Waals surface area contributed by atoms with Gasteiger partial charge in [0.25, 0.3) is 0 Å². The van der Waals surface area contributed by atoms with Gasteiger partial charge in [0.15, 0.2) is 0 Å². The van der Waals surface area contributed by atoms with Crippen LogP contribution in [0.25, 0.3) is 0 Å². The fourth-order valence-corrected chi connectivity index (χ4v) is 1.42. The predicted octanol–water partition coefficient (Wildman–Crippen LogP) is 1.88. The largest absolute Gasteiger partial charge is 0.388 e. The zero-order valence-corrected chi connectivity index (χ0v) is 6.43. The molecule has 10 heavy (non-hydrogen) atoms. The van der Waals surface area contributed by atoms with E-state index in [1.807, 2.05) is 0 Å². The van der Waals surface area contributed by atoms with Crippen molar-refractivity contribution in [3.05, 3.63) is 17.9 Å². The summed E-state index contributed by atoms with van der Waals surface area (Å²) in [5.74, 6) is 0.659. The number of aliphatic hydroxyl groups excluding tert-OH is 1. The molecule has 0 heterocycles. The summed E-state index contributed by atoms with van der Waals surface area (Å²) in [5, 5.41) is 9.40. The third kappa shape index (κ3) is 1.50. The molecule has 56 valence electrons. The van der Waals surface area contributed by atoms with Crippen molar-refractivity contribution in [2.75, 3.05) is 0 Å². The van der Waals surface area contributed by atoms with Gasteiger partial charge in [-0.25, -0.2) is 0 Å². The molecule has 0 aromatic carbocycles. The molecule has 0 radical (unpaired) electrons. The van der Waals surface area contributed by atoms with Crippen molar-refractivity contribution >= 4 is 0 Å². The number of hydrogen-bond acceptors (Lipinski definition) is 1. The van der Waals surface area contributed by atoms with E-state index in [9.17, 15) is 5.11 Å². The normalized spacial score (nSPS) is 33.6. The summed E-state index contributed by atoms with van der Waals surface area (Å²) in [6.07, 6.45) is 2.78. The highest BCUT2D eigenvalue weighted by atomic mass is 16.3. The molecule has 0 bridgehead atoms. The molecule has 2 atom stereocenters. The molecule has 1 N–H and O–H groups in total. The summed E-state index contributed by atoms with van der Waals surface area (Å²) >= 11 is 0. The average Bonchev–Trinajstić information content (AvgIpc) is 1.88. The molecule has 0 amide bonds. The highest BCUT2D eigenvalue weighted by Crippen LogP contribution is 2.26. The Bertz CT molecular complexity index is 166. The van der Waals surface area contributed by atoms with Crippen molar-refractivity contribution in [2.24, 2.45) is 5.92 Å². The van der Waals surface area contributed by atoms with E-state index in [2.05, 4.69) is 19.2 Å². The summed E-state index contributed by atoms with van der Waals surface area (Å²) < 4.78 is 0. The van der Waals surface area contributed by atoms with Gasteiger partial charge in [0, 0.05) is 0 Å². The van der Waals surface area contributed by atoms with E-state index in [4.69, 9.17) is 0 Å². The summed E-state index contributed by atoms with van der Waals surface area (Å²) in [5.41, 5.74) is 3.79. The van der Waals surface area contributed by atoms with Gasteiger partial charge < -0.3 is 5.11 Å². The third-order valence-electron chi connectivity index (χ3n) is 2.16. The minimum atomic E-state index is -0.263. The second kappa shape index (κ2) is 3.05. The summed E-state index contributed by atoms with van der Waals surface area (Å²) in [7, 11) is 0. The maximum Gasteiger partial charge on any atom is 0.0826 e. The van der Waals surface area contributed by atoms with Crippen molar-refractivity contribution in [2.45, 2.75) is 32.3 Å². The van der Waals surface area contributed by atoms with Crippen LogP contribution in [-0.2, 0) is 0 Å². The van der Waals surface area contributed by atoms with Crippen LogP contribution in [0.4, 0.5) is 0 Å². The highest BCUT2D eigenvalue weighted by Gasteiger charge is 2.20. The first-order valence-electron chi connectivity index (χ1n) is 3.81. The minimum absolute atomic E-state index is 0.263. The fourth-order valence-electron chi connectivity index (χ4n) is 1.42. The van der Waals surface area contributed by atoms with E-state index in [-0.39, 0.29) is 6.10 Å². The first-order chi connectivity index (χ1) is 4.74. The first kappa shape index (κ1) is 7.59. The molecule has 1 aliphatic rings. The van der Waals surface area contributed by atoms with Crippen molar-refractivity contribution in [3.63, 3.8) is 0 Å². The molecule has 0 unspecified atom stereocenters. The van der Waals surface area contributed by atoms with Crippen LogP contribution in [0.5, 0.6) is 0 Å². The van der Waals surface area contributed by atoms with Crippen molar-refractivity contribution in [1.82, 2.24) is 0 Å². The Labute approximate surface area is 62.1 Å². The standard InChI is InChI=1S/C9H14O/c1-3-8-5-4-7(2)6-9(8)10/h7,9-10H,1,4-6H2,2H3/t7-,9-/m1/s1. The molecule has 1 rings (SSSR count). The molecule has 0 saturated heterocycles. The van der Waals surface area contributed by atoms with Gasteiger partial charge in [0.1, 0.15) is 0 Å². The predicted molar refractivity (Wildman–Crippen MR) is 41.7 cm³/mol. The Balaban J connectivity index is 2.60. The maximum atomic E-state index is 9.40. The molecule has 0 aliphatic heterocycles. The molecule has 1 aliphatic carbocycles. The van der Waals surface area contributed by atoms with Gasteiger partial charge in [0.05, 0.1) is 6.10 Å². The van der Waals surface area contributed by atoms with E-state index in [0.29, 0.717) is 5.92 Å². The minimum Gasteiger partial charge on any atom is -0.388 e. The van der Waals surface area contributed by atoms with Crippen molar-refractivity contribution in [3.8, 4) is 0 Å². The SMILES string of the molecule is C=C=C1CC[C@@H](C)C[C@H]1O. The summed E-state index contributed by atoms with van der Waals surface area (Å²) in [6.45, 7) is 5.71. The second-order valence-corrected chi connectivity index (χ2v) is 3.10. The number of rotatable bonds is 0. The van der Waals surface area contributed by atoms with E-state index in [0.717, 1.165) is 18.4 Å². The van der Waals surface area contributed by atoms with Crippen LogP contribution in [0, 0.1) is 5.92 Å². The molecular weight excluding hydrogens is 124 g/mol. The Hall–Kier alpha value is -0.520. The molecular formula is C9H14O. The van der Waals surface area contributed by atoms with Crippen LogP contribution in [0.1, 0.15) is 26.2 Å². The zero-order chi connectivity index (χ0) is 7.56. The Morgan fingerprint density at radius 1 is 1.70 bits per heavy atom. The Morgan fingerprint density at radius 2 is 2.40 bits per heavy atom. The van der Waals surface area contributed by atoms with Gasteiger partial charge in [-0.05, 0) is 30.8 Å². The molecule has 1 heteroatoms. The lowest BCUT2D eigenvalue weighted by Crippen LogP contribution is -2.19. The lowest BCUT2D eigenvalue weighted by atomic mass is 9.85. The van der Waals surface area contributed by atoms with Crippen LogP contribution in [-0.4, -0.2) is 11.2 Å². The van der Waals surface area contributed by atoms with E-state index in [1.54, 1.807) is 0 Å². The lowest BCUT2D eigenvalue weighted by Gasteiger charge is -2.24. The Morgan fingerprint density at radius 3 is 2.90 bits per heavy atom. The van der Waals surface area contributed by atoms with Crippen LogP contribution in [0.3, 0.4) is 0 Å². The second-order valence-electron chi connectivity index (χ2n) is 3.10. The van der Waals surface area contributed by atoms with Crippen molar-refractivity contribution < 1.29 is 5.11 Å². The average molecular weight is 138 g/mol. The highest BCUT2D eigenvalue weighted by molar-refractivity contribution is 5.08. The van der Waals surface area contributed by atoms with Gasteiger partial charge in [-0.2, -0.15) is 0 Å². The van der Waals surface area contributed by atoms with Gasteiger partial charge in [-0.15, -0.1) is 5.73 Å². The summed E-state index contributed by atoms with van der Waals surface area (Å²) in [4.78, 5) is 0. The molecule has 1 saturated carbocycles. The quantitative estimate of drug-likeness (QED) is 0.507. The zero-order valence-electron chi connectivity index (χ0n) is 6.43. The van der Waals surface area contributed by atoms with Crippen LogP contribution in [0.15, 0.2) is 17.9 Å². The van der Waals surface area contributed by atoms with E-state index < -0.39 is 0 Å². The molecule has 0 aromatic rings. The summed E-state index contributed by atoms with van der Waals surface area (Å²) in [6, 6.07) is 0. The van der Waals surface area contributed by atoms with Crippen LogP contribution < -0.4 is 0 Å². The molecule has 0 spiro atoms. The third-order valence-corrected chi connectivity index (χ3v) is 2.16. The van der Waals surface area contributed by atoms with Gasteiger partial charge in [-0.3, -0.25) is 0 Å². The van der Waals surface area contributed by atoms with Crippen LogP contribution >= 0.6 is 0 Å². The number of aliphatic hydroxyl groups is 1. The molecule has 1 fully saturated rings. The fraction of sp³-hybridized carbons (Fsp3) is 0.667. The van der Waals surface area contributed by atoms with Gasteiger partial charge in [0.2, 0.25) is 0 Å². The van der Waals surface area contributed by atoms with Crippen LogP contribution in [0.2, 0.25) is 0 Å². The van der Waals surface area contributed by atoms with Gasteiger partial charge in [-0.1, -0.05) is 13.5 Å². The monoisotopic (exact) mass is 138 g/mol. The topological polar surface area (TPSA) is 20.2 Å². The van der Waals surface area contributed by atoms with Gasteiger partial charge >= 0.3 is 0 Å². The van der Waals surface area contributed by atoms with E-state index in [1.165, 1.54) is 6.42 Å². The maximum absolute atomic E-state index is 9.40. The smallest absolute Gasteiger partial charge is 0.0826 e. The first-order valence-corrected chi connectivity index (χ1v) is 3.81. The Kier molecular flexibility index (Phi) is 2.31. The number of hydrogen-bond donors (Lipinski definition) is 1.